The molecule has 4 nitrogen and oxygen atoms in total. The Morgan fingerprint density at radius 3 is 2.29 bits per heavy atom. The number of amides is 2. The van der Waals surface area contributed by atoms with E-state index in [2.05, 4.69) is 19.2 Å². The van der Waals surface area contributed by atoms with Crippen LogP contribution in [-0.2, 0) is 9.59 Å². The Morgan fingerprint density at radius 1 is 1.10 bits per heavy atom. The Hall–Kier alpha value is -1.06. The average molecular weight is 296 g/mol. The summed E-state index contributed by atoms with van der Waals surface area (Å²) in [5.74, 6) is 0.861. The van der Waals surface area contributed by atoms with Crippen LogP contribution in [0.4, 0.5) is 0 Å². The molecule has 1 fully saturated rings. The molecule has 0 saturated carbocycles. The molecule has 4 heteroatoms. The molecular formula is C17H32N2O2. The SMILES string of the molecule is CCC1(CC)NC(=O)CN(CCCCCCC(C)C)C1=O. The third-order valence-electron chi connectivity index (χ3n) is 4.58. The molecular weight excluding hydrogens is 264 g/mol. The molecule has 1 aliphatic rings. The molecule has 122 valence electrons. The highest BCUT2D eigenvalue weighted by atomic mass is 16.2. The predicted molar refractivity (Wildman–Crippen MR) is 86.0 cm³/mol. The van der Waals surface area contributed by atoms with E-state index < -0.39 is 5.54 Å². The van der Waals surface area contributed by atoms with Gasteiger partial charge in [-0.3, -0.25) is 9.59 Å². The smallest absolute Gasteiger partial charge is 0.248 e. The number of carbonyl (C=O) groups excluding carboxylic acids is 2. The maximum Gasteiger partial charge on any atom is 0.248 e. The largest absolute Gasteiger partial charge is 0.340 e. The average Bonchev–Trinajstić information content (AvgIpc) is 2.45. The second kappa shape index (κ2) is 8.40. The van der Waals surface area contributed by atoms with Crippen LogP contribution in [0.25, 0.3) is 0 Å². The van der Waals surface area contributed by atoms with E-state index in [9.17, 15) is 9.59 Å². The second-order valence-corrected chi connectivity index (χ2v) is 6.66. The first-order valence-electron chi connectivity index (χ1n) is 8.55. The van der Waals surface area contributed by atoms with Crippen LogP contribution in [0.2, 0.25) is 0 Å². The number of rotatable bonds is 9. The van der Waals surface area contributed by atoms with Gasteiger partial charge in [-0.05, 0) is 25.2 Å². The van der Waals surface area contributed by atoms with Gasteiger partial charge in [0.15, 0.2) is 0 Å². The maximum absolute atomic E-state index is 12.6. The van der Waals surface area contributed by atoms with Gasteiger partial charge < -0.3 is 10.2 Å². The first-order valence-corrected chi connectivity index (χ1v) is 8.55. The molecule has 2 amide bonds. The molecule has 1 aliphatic heterocycles. The predicted octanol–water partition coefficient (Wildman–Crippen LogP) is 3.11. The molecule has 1 rings (SSSR count). The van der Waals surface area contributed by atoms with Crippen LogP contribution >= 0.6 is 0 Å². The normalized spacial score (nSPS) is 18.2. The molecule has 0 aliphatic carbocycles. The van der Waals surface area contributed by atoms with Crippen LogP contribution in [0.1, 0.15) is 72.6 Å². The van der Waals surface area contributed by atoms with Gasteiger partial charge in [0, 0.05) is 6.54 Å². The molecule has 0 aromatic rings. The maximum atomic E-state index is 12.6. The standard InChI is InChI=1S/C17H32N2O2/c1-5-17(6-2)16(21)19(13-15(20)18-17)12-10-8-7-9-11-14(3)4/h14H,5-13H2,1-4H3,(H,18,20). The summed E-state index contributed by atoms with van der Waals surface area (Å²) in [5, 5.41) is 2.90. The zero-order valence-corrected chi connectivity index (χ0v) is 14.2. The lowest BCUT2D eigenvalue weighted by Gasteiger charge is -2.41. The van der Waals surface area contributed by atoms with Crippen LogP contribution in [0.15, 0.2) is 0 Å². The van der Waals surface area contributed by atoms with Gasteiger partial charge in [-0.15, -0.1) is 0 Å². The topological polar surface area (TPSA) is 49.4 Å². The van der Waals surface area contributed by atoms with E-state index in [1.54, 1.807) is 4.90 Å². The summed E-state index contributed by atoms with van der Waals surface area (Å²) in [6.45, 7) is 9.39. The zero-order chi connectivity index (χ0) is 15.9. The van der Waals surface area contributed by atoms with E-state index >= 15 is 0 Å². The Morgan fingerprint density at radius 2 is 1.71 bits per heavy atom. The number of piperazine rings is 1. The number of nitrogens with one attached hydrogen (secondary N) is 1. The highest BCUT2D eigenvalue weighted by Gasteiger charge is 2.43. The molecule has 0 unspecified atom stereocenters. The van der Waals surface area contributed by atoms with Crippen molar-refractivity contribution in [2.24, 2.45) is 5.92 Å². The lowest BCUT2D eigenvalue weighted by Crippen LogP contribution is -2.66. The van der Waals surface area contributed by atoms with E-state index in [1.807, 2.05) is 13.8 Å². The molecule has 0 radical (unpaired) electrons. The first-order chi connectivity index (χ1) is 9.95. The van der Waals surface area contributed by atoms with Crippen molar-refractivity contribution in [3.05, 3.63) is 0 Å². The summed E-state index contributed by atoms with van der Waals surface area (Å²) in [7, 11) is 0. The molecule has 0 bridgehead atoms. The lowest BCUT2D eigenvalue weighted by molar-refractivity contribution is -0.150. The van der Waals surface area contributed by atoms with Crippen molar-refractivity contribution in [2.45, 2.75) is 78.2 Å². The highest BCUT2D eigenvalue weighted by molar-refractivity contribution is 5.97. The quantitative estimate of drug-likeness (QED) is 0.665. The second-order valence-electron chi connectivity index (χ2n) is 6.66. The van der Waals surface area contributed by atoms with E-state index in [0.29, 0.717) is 12.8 Å². The van der Waals surface area contributed by atoms with Crippen molar-refractivity contribution in [3.8, 4) is 0 Å². The molecule has 0 atom stereocenters. The minimum atomic E-state index is -0.660. The van der Waals surface area contributed by atoms with Gasteiger partial charge in [0.25, 0.3) is 0 Å². The minimum absolute atomic E-state index is 0.0156. The van der Waals surface area contributed by atoms with Crippen molar-refractivity contribution < 1.29 is 9.59 Å². The molecule has 0 spiro atoms. The van der Waals surface area contributed by atoms with Gasteiger partial charge in [0.05, 0.1) is 6.54 Å². The van der Waals surface area contributed by atoms with E-state index in [0.717, 1.165) is 25.3 Å². The molecule has 0 aromatic heterocycles. The number of unbranched alkanes of at least 4 members (excludes halogenated alkanes) is 3. The molecule has 1 saturated heterocycles. The van der Waals surface area contributed by atoms with Crippen molar-refractivity contribution in [1.82, 2.24) is 10.2 Å². The van der Waals surface area contributed by atoms with Gasteiger partial charge in [-0.25, -0.2) is 0 Å². The fourth-order valence-electron chi connectivity index (χ4n) is 3.03. The van der Waals surface area contributed by atoms with Crippen LogP contribution in [0, 0.1) is 5.92 Å². The number of hydrogen-bond acceptors (Lipinski definition) is 2. The Bertz CT molecular complexity index is 349. The van der Waals surface area contributed by atoms with Crippen molar-refractivity contribution in [2.75, 3.05) is 13.1 Å². The van der Waals surface area contributed by atoms with Gasteiger partial charge in [0.2, 0.25) is 11.8 Å². The summed E-state index contributed by atoms with van der Waals surface area (Å²) in [6, 6.07) is 0. The fraction of sp³-hybridized carbons (Fsp3) is 0.882. The van der Waals surface area contributed by atoms with Crippen LogP contribution in [0.3, 0.4) is 0 Å². The summed E-state index contributed by atoms with van der Waals surface area (Å²) in [5.41, 5.74) is -0.660. The monoisotopic (exact) mass is 296 g/mol. The van der Waals surface area contributed by atoms with Crippen molar-refractivity contribution in [3.63, 3.8) is 0 Å². The van der Waals surface area contributed by atoms with Gasteiger partial charge in [-0.1, -0.05) is 53.4 Å². The Kier molecular flexibility index (Phi) is 7.20. The van der Waals surface area contributed by atoms with E-state index in [1.165, 1.54) is 19.3 Å². The molecule has 21 heavy (non-hydrogen) atoms. The third-order valence-corrected chi connectivity index (χ3v) is 4.58. The summed E-state index contributed by atoms with van der Waals surface area (Å²) in [6.07, 6.45) is 7.24. The van der Waals surface area contributed by atoms with Crippen LogP contribution in [0.5, 0.6) is 0 Å². The zero-order valence-electron chi connectivity index (χ0n) is 14.2. The minimum Gasteiger partial charge on any atom is -0.340 e. The van der Waals surface area contributed by atoms with E-state index in [-0.39, 0.29) is 18.4 Å². The highest BCUT2D eigenvalue weighted by Crippen LogP contribution is 2.22. The van der Waals surface area contributed by atoms with Gasteiger partial charge >= 0.3 is 0 Å². The first kappa shape index (κ1) is 18.0. The molecule has 1 heterocycles. The third kappa shape index (κ3) is 5.01. The lowest BCUT2D eigenvalue weighted by atomic mass is 9.89. The van der Waals surface area contributed by atoms with Gasteiger partial charge in [0.1, 0.15) is 5.54 Å². The summed E-state index contributed by atoms with van der Waals surface area (Å²) >= 11 is 0. The van der Waals surface area contributed by atoms with Crippen molar-refractivity contribution >= 4 is 11.8 Å². The summed E-state index contributed by atoms with van der Waals surface area (Å²) < 4.78 is 0. The fourth-order valence-corrected chi connectivity index (χ4v) is 3.03. The van der Waals surface area contributed by atoms with Crippen LogP contribution < -0.4 is 5.32 Å². The Labute approximate surface area is 129 Å². The molecule has 1 N–H and O–H groups in total. The van der Waals surface area contributed by atoms with E-state index in [4.69, 9.17) is 0 Å². The summed E-state index contributed by atoms with van der Waals surface area (Å²) in [4.78, 5) is 26.2. The van der Waals surface area contributed by atoms with Crippen molar-refractivity contribution in [1.29, 1.82) is 0 Å². The van der Waals surface area contributed by atoms with Gasteiger partial charge in [-0.2, -0.15) is 0 Å². The number of carbonyl (C=O) groups is 2. The van der Waals surface area contributed by atoms with Crippen LogP contribution in [-0.4, -0.2) is 35.3 Å². The number of nitrogens with zero attached hydrogens (tertiary/aromatic N) is 1. The number of hydrogen-bond donors (Lipinski definition) is 1. The molecule has 0 aromatic carbocycles. The Balaban J connectivity index is 2.40.